The summed E-state index contributed by atoms with van der Waals surface area (Å²) in [5.74, 6) is 4.31. The van der Waals surface area contributed by atoms with Crippen molar-refractivity contribution in [2.24, 2.45) is 10.9 Å². The number of para-hydroxylation sites is 1. The van der Waals surface area contributed by atoms with Crippen molar-refractivity contribution in [2.75, 3.05) is 26.0 Å². The highest BCUT2D eigenvalue weighted by Crippen LogP contribution is 2.29. The molecule has 1 aromatic carbocycles. The first-order valence-corrected chi connectivity index (χ1v) is 10.8. The summed E-state index contributed by atoms with van der Waals surface area (Å²) >= 11 is 1.81. The molecule has 0 saturated heterocycles. The van der Waals surface area contributed by atoms with E-state index in [0.717, 1.165) is 42.0 Å². The van der Waals surface area contributed by atoms with E-state index >= 15 is 0 Å². The van der Waals surface area contributed by atoms with E-state index in [4.69, 9.17) is 9.26 Å². The minimum atomic E-state index is 0. The number of nitrogens with zero attached hydrogens (tertiary/aromatic N) is 2. The van der Waals surface area contributed by atoms with Gasteiger partial charge < -0.3 is 19.9 Å². The monoisotopic (exact) mass is 532 g/mol. The van der Waals surface area contributed by atoms with Gasteiger partial charge in [-0.2, -0.15) is 0 Å². The number of benzene rings is 1. The van der Waals surface area contributed by atoms with Crippen molar-refractivity contribution in [1.29, 1.82) is 0 Å². The van der Waals surface area contributed by atoms with Crippen LogP contribution in [0.25, 0.3) is 0 Å². The molecule has 2 rings (SSSR count). The highest BCUT2D eigenvalue weighted by molar-refractivity contribution is 14.0. The molecular formula is C21H33IN4O2S. The molecule has 6 nitrogen and oxygen atoms in total. The Labute approximate surface area is 195 Å². The second kappa shape index (κ2) is 13.7. The summed E-state index contributed by atoms with van der Waals surface area (Å²) in [4.78, 5) is 5.78. The molecule has 8 heteroatoms. The molecular weight excluding hydrogens is 499 g/mol. The molecule has 1 atom stereocenters. The van der Waals surface area contributed by atoms with Gasteiger partial charge in [0, 0.05) is 29.8 Å². The van der Waals surface area contributed by atoms with Gasteiger partial charge in [-0.15, -0.1) is 35.7 Å². The van der Waals surface area contributed by atoms with E-state index in [1.54, 1.807) is 7.11 Å². The van der Waals surface area contributed by atoms with E-state index in [1.807, 2.05) is 36.0 Å². The SMILES string of the molecule is CCNC(=NCc1cc(C(C)C)no1)NCC(C)CSc1ccccc1OC.I. The van der Waals surface area contributed by atoms with E-state index < -0.39 is 0 Å². The van der Waals surface area contributed by atoms with Crippen LogP contribution in [0.15, 0.2) is 44.7 Å². The molecule has 0 fully saturated rings. The summed E-state index contributed by atoms with van der Waals surface area (Å²) in [6.07, 6.45) is 0. The maximum atomic E-state index is 5.42. The zero-order valence-corrected chi connectivity index (χ0v) is 21.0. The third-order valence-electron chi connectivity index (χ3n) is 4.12. The zero-order chi connectivity index (χ0) is 20.4. The Kier molecular flexibility index (Phi) is 12.1. The molecule has 0 aliphatic rings. The van der Waals surface area contributed by atoms with Gasteiger partial charge in [0.15, 0.2) is 11.7 Å². The lowest BCUT2D eigenvalue weighted by Gasteiger charge is -2.16. The Bertz CT molecular complexity index is 752. The van der Waals surface area contributed by atoms with Crippen molar-refractivity contribution < 1.29 is 9.26 Å². The molecule has 1 unspecified atom stereocenters. The predicted octanol–water partition coefficient (Wildman–Crippen LogP) is 4.91. The highest BCUT2D eigenvalue weighted by Gasteiger charge is 2.09. The quantitative estimate of drug-likeness (QED) is 0.196. The van der Waals surface area contributed by atoms with Gasteiger partial charge in [0.25, 0.3) is 0 Å². The standard InChI is InChI=1S/C21H32N4O2S.HI/c1-6-22-21(24-13-17-11-18(15(2)3)25-27-17)23-12-16(4)14-28-20-10-8-7-9-19(20)26-5;/h7-11,15-16H,6,12-14H2,1-5H3,(H2,22,23,24);1H. The van der Waals surface area contributed by atoms with Crippen LogP contribution in [0.2, 0.25) is 0 Å². The largest absolute Gasteiger partial charge is 0.496 e. The van der Waals surface area contributed by atoms with Crippen molar-refractivity contribution in [3.05, 3.63) is 41.8 Å². The number of nitrogens with one attached hydrogen (secondary N) is 2. The number of thioether (sulfide) groups is 1. The zero-order valence-electron chi connectivity index (χ0n) is 17.9. The molecule has 0 aliphatic heterocycles. The van der Waals surface area contributed by atoms with E-state index in [9.17, 15) is 0 Å². The Morgan fingerprint density at radius 2 is 2.00 bits per heavy atom. The maximum Gasteiger partial charge on any atom is 0.191 e. The first-order chi connectivity index (χ1) is 13.5. The fourth-order valence-electron chi connectivity index (χ4n) is 2.47. The van der Waals surface area contributed by atoms with E-state index in [2.05, 4.69) is 54.5 Å². The molecule has 29 heavy (non-hydrogen) atoms. The molecule has 0 aliphatic carbocycles. The van der Waals surface area contributed by atoms with E-state index in [-0.39, 0.29) is 24.0 Å². The van der Waals surface area contributed by atoms with Crippen molar-refractivity contribution in [3.8, 4) is 5.75 Å². The van der Waals surface area contributed by atoms with Gasteiger partial charge in [0.1, 0.15) is 12.3 Å². The number of methoxy groups -OCH3 is 1. The van der Waals surface area contributed by atoms with E-state index in [1.165, 1.54) is 4.90 Å². The lowest BCUT2D eigenvalue weighted by atomic mass is 10.1. The summed E-state index contributed by atoms with van der Waals surface area (Å²) in [5.41, 5.74) is 0.963. The van der Waals surface area contributed by atoms with Crippen LogP contribution < -0.4 is 15.4 Å². The lowest BCUT2D eigenvalue weighted by molar-refractivity contribution is 0.376. The van der Waals surface area contributed by atoms with Crippen LogP contribution in [0.1, 0.15) is 45.1 Å². The van der Waals surface area contributed by atoms with Gasteiger partial charge in [-0.25, -0.2) is 4.99 Å². The number of halogens is 1. The van der Waals surface area contributed by atoms with Crippen molar-refractivity contribution in [2.45, 2.75) is 45.1 Å². The molecule has 0 saturated carbocycles. The average Bonchev–Trinajstić information content (AvgIpc) is 3.18. The van der Waals surface area contributed by atoms with Crippen molar-refractivity contribution >= 4 is 41.7 Å². The summed E-state index contributed by atoms with van der Waals surface area (Å²) in [6, 6.07) is 10.1. The summed E-state index contributed by atoms with van der Waals surface area (Å²) in [6.45, 7) is 10.6. The molecule has 2 aromatic rings. The number of hydrogen-bond acceptors (Lipinski definition) is 5. The summed E-state index contributed by atoms with van der Waals surface area (Å²) < 4.78 is 10.8. The third kappa shape index (κ3) is 8.86. The van der Waals surface area contributed by atoms with Gasteiger partial charge in [0.05, 0.1) is 12.8 Å². The van der Waals surface area contributed by atoms with Gasteiger partial charge in [-0.3, -0.25) is 0 Å². The Balaban J connectivity index is 0.00000420. The van der Waals surface area contributed by atoms with Crippen LogP contribution in [0.3, 0.4) is 0 Å². The molecule has 162 valence electrons. The Morgan fingerprint density at radius 3 is 2.66 bits per heavy atom. The van der Waals surface area contributed by atoms with Gasteiger partial charge in [0.2, 0.25) is 0 Å². The lowest BCUT2D eigenvalue weighted by Crippen LogP contribution is -2.39. The van der Waals surface area contributed by atoms with E-state index in [0.29, 0.717) is 18.4 Å². The summed E-state index contributed by atoms with van der Waals surface area (Å²) in [5, 5.41) is 10.8. The Hall–Kier alpha value is -1.42. The normalized spacial score (nSPS) is 12.4. The second-order valence-corrected chi connectivity index (χ2v) is 8.08. The maximum absolute atomic E-state index is 5.42. The van der Waals surface area contributed by atoms with Crippen LogP contribution in [0.5, 0.6) is 5.75 Å². The van der Waals surface area contributed by atoms with Gasteiger partial charge in [-0.05, 0) is 30.9 Å². The molecule has 0 bridgehead atoms. The fraction of sp³-hybridized carbons (Fsp3) is 0.524. The van der Waals surface area contributed by atoms with Crippen LogP contribution in [0.4, 0.5) is 0 Å². The Morgan fingerprint density at radius 1 is 1.24 bits per heavy atom. The fourth-order valence-corrected chi connectivity index (χ4v) is 3.52. The van der Waals surface area contributed by atoms with Crippen LogP contribution in [-0.4, -0.2) is 37.1 Å². The number of aromatic nitrogens is 1. The number of rotatable bonds is 10. The number of hydrogen-bond donors (Lipinski definition) is 2. The van der Waals surface area contributed by atoms with Crippen LogP contribution in [-0.2, 0) is 6.54 Å². The van der Waals surface area contributed by atoms with Gasteiger partial charge >= 0.3 is 0 Å². The molecule has 2 N–H and O–H groups in total. The first kappa shape index (κ1) is 25.6. The van der Waals surface area contributed by atoms with Crippen molar-refractivity contribution in [3.63, 3.8) is 0 Å². The number of aliphatic imine (C=N–C) groups is 1. The molecule has 1 aromatic heterocycles. The number of guanidine groups is 1. The van der Waals surface area contributed by atoms with Crippen LogP contribution >= 0.6 is 35.7 Å². The predicted molar refractivity (Wildman–Crippen MR) is 132 cm³/mol. The smallest absolute Gasteiger partial charge is 0.191 e. The summed E-state index contributed by atoms with van der Waals surface area (Å²) in [7, 11) is 1.71. The highest BCUT2D eigenvalue weighted by atomic mass is 127. The minimum absolute atomic E-state index is 0. The minimum Gasteiger partial charge on any atom is -0.496 e. The number of ether oxygens (including phenoxy) is 1. The topological polar surface area (TPSA) is 71.7 Å². The third-order valence-corrected chi connectivity index (χ3v) is 5.50. The molecule has 0 spiro atoms. The van der Waals surface area contributed by atoms with Crippen LogP contribution in [0, 0.1) is 5.92 Å². The van der Waals surface area contributed by atoms with Crippen molar-refractivity contribution in [1.82, 2.24) is 15.8 Å². The second-order valence-electron chi connectivity index (χ2n) is 7.02. The molecule has 0 radical (unpaired) electrons. The first-order valence-electron chi connectivity index (χ1n) is 9.77. The molecule has 1 heterocycles. The average molecular weight is 532 g/mol. The molecule has 0 amide bonds. The van der Waals surface area contributed by atoms with Gasteiger partial charge in [-0.1, -0.05) is 38.1 Å².